The lowest BCUT2D eigenvalue weighted by Gasteiger charge is -2.37. The minimum Gasteiger partial charge on any atom is -0.377 e. The predicted molar refractivity (Wildman–Crippen MR) is 180 cm³/mol. The van der Waals surface area contributed by atoms with Crippen molar-refractivity contribution in [1.82, 2.24) is 25.2 Å². The standard InChI is InChI=1S/C35H32F7N9O2/c36-24-4-11-28(29(37)17-24)33(53,20-51-21-45-47-48-51)35(41,42)31-12-3-23(19-44-31)22-1-7-26(8-2-22)49-13-15-50(16-14-49)27-9-5-25(6-10-27)46-32(52)30(43)18-34(38,39)40/h1-12,17,19,21,30,53H,13-16,18,20,43H2,(H,46,52)/t30?,33-/m0/s1. The zero-order valence-electron chi connectivity index (χ0n) is 27.7. The van der Waals surface area contributed by atoms with Gasteiger partial charge >= 0.3 is 12.1 Å². The van der Waals surface area contributed by atoms with Crippen molar-refractivity contribution in [2.24, 2.45) is 5.73 Å². The van der Waals surface area contributed by atoms with Crippen molar-refractivity contribution in [2.45, 2.75) is 36.7 Å². The highest BCUT2D eigenvalue weighted by molar-refractivity contribution is 5.94. The topological polar surface area (TPSA) is 138 Å². The summed E-state index contributed by atoms with van der Waals surface area (Å²) in [7, 11) is 0. The first-order valence-corrected chi connectivity index (χ1v) is 16.2. The van der Waals surface area contributed by atoms with Crippen molar-refractivity contribution < 1.29 is 40.6 Å². The van der Waals surface area contributed by atoms with Crippen LogP contribution in [0.25, 0.3) is 11.1 Å². The number of carbonyl (C=O) groups is 1. The molecule has 4 N–H and O–H groups in total. The number of piperazine rings is 1. The van der Waals surface area contributed by atoms with Gasteiger partial charge in [0.1, 0.15) is 23.7 Å². The summed E-state index contributed by atoms with van der Waals surface area (Å²) in [5.74, 6) is -7.50. The van der Waals surface area contributed by atoms with Gasteiger partial charge in [0.15, 0.2) is 5.60 Å². The Hall–Kier alpha value is -5.62. The van der Waals surface area contributed by atoms with Crippen molar-refractivity contribution in [3.63, 3.8) is 0 Å². The average molecular weight is 744 g/mol. The van der Waals surface area contributed by atoms with E-state index >= 15 is 8.78 Å². The third-order valence-electron chi connectivity index (χ3n) is 8.90. The van der Waals surface area contributed by atoms with Crippen LogP contribution >= 0.6 is 0 Å². The molecule has 3 heterocycles. The van der Waals surface area contributed by atoms with Crippen LogP contribution < -0.4 is 20.9 Å². The van der Waals surface area contributed by atoms with Crippen molar-refractivity contribution in [1.29, 1.82) is 0 Å². The van der Waals surface area contributed by atoms with Gasteiger partial charge in [-0.25, -0.2) is 13.5 Å². The van der Waals surface area contributed by atoms with Crippen LogP contribution in [-0.2, 0) is 22.9 Å². The van der Waals surface area contributed by atoms with Gasteiger partial charge in [0.25, 0.3) is 0 Å². The quantitative estimate of drug-likeness (QED) is 0.155. The molecule has 3 aromatic carbocycles. The Bertz CT molecular complexity index is 2010. The number of hydrogen-bond acceptors (Lipinski definition) is 9. The summed E-state index contributed by atoms with van der Waals surface area (Å²) in [5.41, 5.74) is 3.69. The van der Waals surface area contributed by atoms with E-state index in [0.717, 1.165) is 40.6 Å². The van der Waals surface area contributed by atoms with E-state index in [2.05, 4.69) is 35.6 Å². The molecule has 2 aromatic heterocycles. The maximum atomic E-state index is 16.1. The number of amides is 1. The van der Waals surface area contributed by atoms with E-state index in [-0.39, 0.29) is 0 Å². The number of aromatic nitrogens is 5. The van der Waals surface area contributed by atoms with Crippen LogP contribution in [0.2, 0.25) is 0 Å². The van der Waals surface area contributed by atoms with Crippen molar-refractivity contribution >= 4 is 23.0 Å². The van der Waals surface area contributed by atoms with E-state index in [1.807, 2.05) is 24.3 Å². The molecule has 1 aliphatic heterocycles. The number of nitrogens with one attached hydrogen (secondary N) is 1. The van der Waals surface area contributed by atoms with E-state index in [4.69, 9.17) is 5.73 Å². The Kier molecular flexibility index (Phi) is 10.4. The molecule has 6 rings (SSSR count). The summed E-state index contributed by atoms with van der Waals surface area (Å²) in [6.07, 6.45) is -3.78. The molecule has 0 aliphatic carbocycles. The first-order chi connectivity index (χ1) is 25.1. The van der Waals surface area contributed by atoms with Crippen LogP contribution in [0, 0.1) is 11.6 Å². The molecule has 0 bridgehead atoms. The van der Waals surface area contributed by atoms with Crippen LogP contribution in [0.5, 0.6) is 0 Å². The van der Waals surface area contributed by atoms with Crippen LogP contribution in [0.3, 0.4) is 0 Å². The summed E-state index contributed by atoms with van der Waals surface area (Å²) in [5, 5.41) is 24.1. The lowest BCUT2D eigenvalue weighted by Crippen LogP contribution is -2.48. The predicted octanol–water partition coefficient (Wildman–Crippen LogP) is 5.24. The number of nitrogens with two attached hydrogens (primary N) is 1. The molecule has 18 heteroatoms. The molecule has 1 aliphatic rings. The number of anilines is 3. The van der Waals surface area contributed by atoms with Gasteiger partial charge in [-0.1, -0.05) is 18.2 Å². The Morgan fingerprint density at radius 2 is 1.45 bits per heavy atom. The molecule has 11 nitrogen and oxygen atoms in total. The number of carbonyl (C=O) groups excluding carboxylic acids is 1. The van der Waals surface area contributed by atoms with E-state index in [1.54, 1.807) is 24.3 Å². The molecule has 278 valence electrons. The summed E-state index contributed by atoms with van der Waals surface area (Å²) >= 11 is 0. The number of benzene rings is 3. The van der Waals surface area contributed by atoms with E-state index in [1.165, 1.54) is 12.3 Å². The van der Waals surface area contributed by atoms with Crippen LogP contribution in [0.15, 0.2) is 91.4 Å². The van der Waals surface area contributed by atoms with Gasteiger partial charge in [0.05, 0.1) is 19.0 Å². The second-order valence-electron chi connectivity index (χ2n) is 12.5. The fourth-order valence-electron chi connectivity index (χ4n) is 6.05. The average Bonchev–Trinajstić information content (AvgIpc) is 3.64. The SMILES string of the molecule is NC(CC(F)(F)F)C(=O)Nc1ccc(N2CCN(c3ccc(-c4ccc(C(F)(F)[C@](O)(Cn5cnnn5)c5ccc(F)cc5F)nc4)cc3)CC2)cc1. The molecule has 1 amide bonds. The first-order valence-electron chi connectivity index (χ1n) is 16.2. The van der Waals surface area contributed by atoms with Gasteiger partial charge in [-0.15, -0.1) is 5.10 Å². The Balaban J connectivity index is 1.09. The normalized spacial score (nSPS) is 15.6. The number of alkyl halides is 5. The minimum absolute atomic E-state index is 0.330. The van der Waals surface area contributed by atoms with E-state index in [9.17, 15) is 31.9 Å². The maximum absolute atomic E-state index is 16.1. The fraction of sp³-hybridized carbons (Fsp3) is 0.286. The van der Waals surface area contributed by atoms with Gasteiger partial charge in [0, 0.05) is 66.6 Å². The monoisotopic (exact) mass is 743 g/mol. The van der Waals surface area contributed by atoms with E-state index in [0.29, 0.717) is 49.1 Å². The third-order valence-corrected chi connectivity index (χ3v) is 8.90. The minimum atomic E-state index is -4.55. The molecule has 53 heavy (non-hydrogen) atoms. The third kappa shape index (κ3) is 8.23. The highest BCUT2D eigenvalue weighted by Gasteiger charge is 2.58. The molecule has 2 atom stereocenters. The second-order valence-corrected chi connectivity index (χ2v) is 12.5. The van der Waals surface area contributed by atoms with Crippen LogP contribution in [0.4, 0.5) is 47.8 Å². The maximum Gasteiger partial charge on any atom is 0.391 e. The van der Waals surface area contributed by atoms with Crippen molar-refractivity contribution in [3.8, 4) is 11.1 Å². The number of nitrogens with zero attached hydrogens (tertiary/aromatic N) is 7. The number of aliphatic hydroxyl groups is 1. The van der Waals surface area contributed by atoms with Crippen LogP contribution in [0.1, 0.15) is 17.7 Å². The lowest BCUT2D eigenvalue weighted by atomic mass is 9.84. The lowest BCUT2D eigenvalue weighted by molar-refractivity contribution is -0.207. The smallest absolute Gasteiger partial charge is 0.377 e. The highest BCUT2D eigenvalue weighted by Crippen LogP contribution is 2.47. The Labute approximate surface area is 297 Å². The zero-order chi connectivity index (χ0) is 38.0. The molecule has 0 radical (unpaired) electrons. The van der Waals surface area contributed by atoms with Gasteiger partial charge in [-0.2, -0.15) is 22.0 Å². The molecule has 1 saturated heterocycles. The number of hydrogen-bond donors (Lipinski definition) is 3. The first kappa shape index (κ1) is 37.1. The van der Waals surface area contributed by atoms with E-state index < -0.39 is 65.5 Å². The molecule has 1 fully saturated rings. The molecule has 5 aromatic rings. The highest BCUT2D eigenvalue weighted by atomic mass is 19.4. The van der Waals surface area contributed by atoms with Gasteiger partial charge < -0.3 is 26.0 Å². The van der Waals surface area contributed by atoms with Gasteiger partial charge in [-0.05, 0) is 70.6 Å². The summed E-state index contributed by atoms with van der Waals surface area (Å²) in [6, 6.07) is 16.7. The van der Waals surface area contributed by atoms with Crippen molar-refractivity contribution in [2.75, 3.05) is 41.3 Å². The molecule has 0 saturated carbocycles. The summed E-state index contributed by atoms with van der Waals surface area (Å²) in [6.45, 7) is 1.68. The van der Waals surface area contributed by atoms with Crippen molar-refractivity contribution in [3.05, 3.63) is 114 Å². The molecule has 1 unspecified atom stereocenters. The molecule has 0 spiro atoms. The molecular formula is C35H32F7N9O2. The fourth-order valence-corrected chi connectivity index (χ4v) is 6.05. The Morgan fingerprint density at radius 3 is 1.98 bits per heavy atom. The Morgan fingerprint density at radius 1 is 0.849 bits per heavy atom. The number of halogens is 7. The second kappa shape index (κ2) is 14.8. The largest absolute Gasteiger partial charge is 0.391 e. The number of rotatable bonds is 11. The summed E-state index contributed by atoms with van der Waals surface area (Å²) < 4.78 is 99.1. The van der Waals surface area contributed by atoms with Crippen LogP contribution in [-0.4, -0.2) is 74.6 Å². The van der Waals surface area contributed by atoms with Gasteiger partial charge in [-0.3, -0.25) is 9.78 Å². The van der Waals surface area contributed by atoms with Gasteiger partial charge in [0.2, 0.25) is 5.91 Å². The summed E-state index contributed by atoms with van der Waals surface area (Å²) in [4.78, 5) is 20.2. The number of tetrazole rings is 1. The zero-order valence-corrected chi connectivity index (χ0v) is 27.7. The number of pyridine rings is 1. The molecular weight excluding hydrogens is 711 g/mol.